The van der Waals surface area contributed by atoms with Crippen LogP contribution in [-0.2, 0) is 6.42 Å². The molecule has 1 aromatic carbocycles. The van der Waals surface area contributed by atoms with Crippen LogP contribution >= 0.6 is 11.3 Å². The first-order chi connectivity index (χ1) is 9.56. The molecule has 2 aromatic rings. The number of benzene rings is 1. The number of aliphatic hydroxyl groups is 1. The van der Waals surface area contributed by atoms with Crippen LogP contribution in [-0.4, -0.2) is 11.7 Å². The van der Waals surface area contributed by atoms with Crippen molar-refractivity contribution in [2.24, 2.45) is 5.73 Å². The Hall–Kier alpha value is -1.30. The van der Waals surface area contributed by atoms with Gasteiger partial charge in [0.1, 0.15) is 11.6 Å². The molecule has 0 bridgehead atoms. The number of halogens is 2. The second-order valence-electron chi connectivity index (χ2n) is 4.61. The lowest BCUT2D eigenvalue weighted by molar-refractivity contribution is 0.149. The lowest BCUT2D eigenvalue weighted by Gasteiger charge is -2.21. The van der Waals surface area contributed by atoms with Crippen LogP contribution in [0.1, 0.15) is 34.3 Å². The zero-order valence-corrected chi connectivity index (χ0v) is 12.0. The van der Waals surface area contributed by atoms with Crippen LogP contribution in [0.4, 0.5) is 8.78 Å². The smallest absolute Gasteiger partial charge is 0.129 e. The Balaban J connectivity index is 2.31. The van der Waals surface area contributed by atoms with E-state index < -0.39 is 23.7 Å². The normalized spacial score (nSPS) is 14.2. The Morgan fingerprint density at radius 1 is 1.25 bits per heavy atom. The molecule has 0 fully saturated rings. The summed E-state index contributed by atoms with van der Waals surface area (Å²) in [5, 5.41) is 10.4. The summed E-state index contributed by atoms with van der Waals surface area (Å²) in [5.74, 6) is -1.90. The number of aliphatic hydroxyl groups excluding tert-OH is 1. The summed E-state index contributed by atoms with van der Waals surface area (Å²) < 4.78 is 26.8. The Labute approximate surface area is 120 Å². The van der Waals surface area contributed by atoms with Crippen molar-refractivity contribution in [3.05, 3.63) is 57.3 Å². The van der Waals surface area contributed by atoms with E-state index in [1.807, 2.05) is 19.1 Å². The molecule has 0 aliphatic carbocycles. The van der Waals surface area contributed by atoms with Crippen LogP contribution in [0.25, 0.3) is 0 Å². The minimum atomic E-state index is -0.884. The Morgan fingerprint density at radius 3 is 2.55 bits per heavy atom. The number of rotatable bonds is 5. The summed E-state index contributed by atoms with van der Waals surface area (Å²) in [6.07, 6.45) is 0.000494. The van der Waals surface area contributed by atoms with Crippen molar-refractivity contribution in [2.45, 2.75) is 25.4 Å². The van der Waals surface area contributed by atoms with Gasteiger partial charge in [-0.1, -0.05) is 13.0 Å². The Morgan fingerprint density at radius 2 is 2.00 bits per heavy atom. The van der Waals surface area contributed by atoms with Gasteiger partial charge >= 0.3 is 0 Å². The third kappa shape index (κ3) is 3.06. The first-order valence-corrected chi connectivity index (χ1v) is 7.30. The van der Waals surface area contributed by atoms with Gasteiger partial charge in [0, 0.05) is 28.3 Å². The van der Waals surface area contributed by atoms with E-state index in [2.05, 4.69) is 0 Å². The predicted molar refractivity (Wildman–Crippen MR) is 76.8 cm³/mol. The highest BCUT2D eigenvalue weighted by Crippen LogP contribution is 2.35. The molecule has 0 aliphatic heterocycles. The van der Waals surface area contributed by atoms with Crippen molar-refractivity contribution in [3.8, 4) is 0 Å². The predicted octanol–water partition coefficient (Wildman–Crippen LogP) is 3.36. The maximum Gasteiger partial charge on any atom is 0.129 e. The molecular weight excluding hydrogens is 280 g/mol. The molecular formula is C15H17F2NOS. The fraction of sp³-hybridized carbons (Fsp3) is 0.333. The highest BCUT2D eigenvalue weighted by molar-refractivity contribution is 7.12. The van der Waals surface area contributed by atoms with Gasteiger partial charge in [0.25, 0.3) is 0 Å². The third-order valence-corrected chi connectivity index (χ3v) is 4.62. The van der Waals surface area contributed by atoms with Gasteiger partial charge in [-0.2, -0.15) is 0 Å². The summed E-state index contributed by atoms with van der Waals surface area (Å²) in [6.45, 7) is 2.12. The van der Waals surface area contributed by atoms with Crippen LogP contribution in [0, 0.1) is 11.6 Å². The average Bonchev–Trinajstić information content (AvgIpc) is 2.90. The minimum Gasteiger partial charge on any atom is -0.387 e. The fourth-order valence-electron chi connectivity index (χ4n) is 2.17. The number of nitrogens with two attached hydrogens (primary N) is 1. The SMILES string of the molecule is CCc1ccc(C(O)C(CN)c2ccc(F)cc2F)s1. The molecule has 1 heterocycles. The first-order valence-electron chi connectivity index (χ1n) is 6.48. The van der Waals surface area contributed by atoms with Gasteiger partial charge in [0.2, 0.25) is 0 Å². The molecule has 0 amide bonds. The van der Waals surface area contributed by atoms with Crippen LogP contribution in [0.15, 0.2) is 30.3 Å². The second kappa shape index (κ2) is 6.43. The molecule has 1 aromatic heterocycles. The third-order valence-electron chi connectivity index (χ3n) is 3.32. The lowest BCUT2D eigenvalue weighted by atomic mass is 9.92. The first kappa shape index (κ1) is 15.1. The van der Waals surface area contributed by atoms with Crippen molar-refractivity contribution >= 4 is 11.3 Å². The summed E-state index contributed by atoms with van der Waals surface area (Å²) in [5.41, 5.74) is 5.92. The number of hydrogen-bond donors (Lipinski definition) is 2. The van der Waals surface area contributed by atoms with E-state index >= 15 is 0 Å². The molecule has 0 saturated carbocycles. The van der Waals surface area contributed by atoms with Gasteiger partial charge < -0.3 is 10.8 Å². The van der Waals surface area contributed by atoms with Gasteiger partial charge in [0.15, 0.2) is 0 Å². The quantitative estimate of drug-likeness (QED) is 0.889. The van der Waals surface area contributed by atoms with Crippen LogP contribution in [0.2, 0.25) is 0 Å². The second-order valence-corrected chi connectivity index (χ2v) is 5.81. The summed E-state index contributed by atoms with van der Waals surface area (Å²) in [7, 11) is 0. The Kier molecular flexibility index (Phi) is 4.86. The Bertz CT molecular complexity index is 585. The maximum absolute atomic E-state index is 13.8. The number of hydrogen-bond acceptors (Lipinski definition) is 3. The molecule has 0 spiro atoms. The monoisotopic (exact) mass is 297 g/mol. The molecule has 0 radical (unpaired) electrons. The van der Waals surface area contributed by atoms with E-state index in [9.17, 15) is 13.9 Å². The standard InChI is InChI=1S/C15H17F2NOS/c1-2-10-4-6-14(20-10)15(19)12(8-18)11-5-3-9(16)7-13(11)17/h3-7,12,15,19H,2,8,18H2,1H3. The molecule has 3 N–H and O–H groups in total. The molecule has 20 heavy (non-hydrogen) atoms. The molecule has 2 unspecified atom stereocenters. The summed E-state index contributed by atoms with van der Waals surface area (Å²) in [6, 6.07) is 7.12. The number of aryl methyl sites for hydroxylation is 1. The largest absolute Gasteiger partial charge is 0.387 e. The molecule has 0 saturated heterocycles. The van der Waals surface area contributed by atoms with E-state index in [-0.39, 0.29) is 12.1 Å². The van der Waals surface area contributed by atoms with Crippen LogP contribution in [0.3, 0.4) is 0 Å². The van der Waals surface area contributed by atoms with Gasteiger partial charge in [0.05, 0.1) is 6.10 Å². The van der Waals surface area contributed by atoms with Crippen LogP contribution < -0.4 is 5.73 Å². The van der Waals surface area contributed by atoms with Crippen molar-refractivity contribution in [1.82, 2.24) is 0 Å². The van der Waals surface area contributed by atoms with Crippen molar-refractivity contribution in [1.29, 1.82) is 0 Å². The molecule has 2 rings (SSSR count). The number of thiophene rings is 1. The molecule has 108 valence electrons. The van der Waals surface area contributed by atoms with Gasteiger partial charge in [-0.15, -0.1) is 11.3 Å². The van der Waals surface area contributed by atoms with Crippen molar-refractivity contribution < 1.29 is 13.9 Å². The van der Waals surface area contributed by atoms with Gasteiger partial charge in [-0.25, -0.2) is 8.78 Å². The highest BCUT2D eigenvalue weighted by atomic mass is 32.1. The zero-order chi connectivity index (χ0) is 14.7. The summed E-state index contributed by atoms with van der Waals surface area (Å²) >= 11 is 1.49. The minimum absolute atomic E-state index is 0.0864. The zero-order valence-electron chi connectivity index (χ0n) is 11.1. The van der Waals surface area contributed by atoms with E-state index in [1.165, 1.54) is 23.5 Å². The fourth-order valence-corrected chi connectivity index (χ4v) is 3.17. The van der Waals surface area contributed by atoms with E-state index in [0.717, 1.165) is 22.2 Å². The maximum atomic E-state index is 13.8. The average molecular weight is 297 g/mol. The van der Waals surface area contributed by atoms with E-state index in [4.69, 9.17) is 5.73 Å². The molecule has 0 aliphatic rings. The van der Waals surface area contributed by atoms with Crippen LogP contribution in [0.5, 0.6) is 0 Å². The molecule has 2 nitrogen and oxygen atoms in total. The van der Waals surface area contributed by atoms with Gasteiger partial charge in [-0.05, 0) is 30.2 Å². The van der Waals surface area contributed by atoms with Crippen molar-refractivity contribution in [3.63, 3.8) is 0 Å². The van der Waals surface area contributed by atoms with Crippen molar-refractivity contribution in [2.75, 3.05) is 6.54 Å². The van der Waals surface area contributed by atoms with Gasteiger partial charge in [-0.3, -0.25) is 0 Å². The topological polar surface area (TPSA) is 46.2 Å². The molecule has 5 heteroatoms. The van der Waals surface area contributed by atoms with E-state index in [1.54, 1.807) is 0 Å². The highest BCUT2D eigenvalue weighted by Gasteiger charge is 2.25. The van der Waals surface area contributed by atoms with E-state index in [0.29, 0.717) is 0 Å². The lowest BCUT2D eigenvalue weighted by Crippen LogP contribution is -2.20. The summed E-state index contributed by atoms with van der Waals surface area (Å²) in [4.78, 5) is 1.90. The molecule has 2 atom stereocenters.